The Morgan fingerprint density at radius 1 is 1.14 bits per heavy atom. The van der Waals surface area contributed by atoms with E-state index in [9.17, 15) is 39.1 Å². The summed E-state index contributed by atoms with van der Waals surface area (Å²) in [5, 5.41) is 20.8. The van der Waals surface area contributed by atoms with Crippen molar-refractivity contribution in [3.8, 4) is 11.8 Å². The number of aromatic hydroxyl groups is 1. The van der Waals surface area contributed by atoms with Crippen LogP contribution in [0, 0.1) is 28.6 Å². The summed E-state index contributed by atoms with van der Waals surface area (Å²) >= 11 is 0. The molecule has 12 heteroatoms. The number of rotatable bonds is 3. The van der Waals surface area contributed by atoms with Gasteiger partial charge in [0.1, 0.15) is 11.7 Å². The molecule has 188 valence electrons. The zero-order valence-electron chi connectivity index (χ0n) is 19.8. The van der Waals surface area contributed by atoms with Crippen LogP contribution in [0.3, 0.4) is 0 Å². The molecule has 0 aliphatic heterocycles. The average Bonchev–Trinajstić information content (AvgIpc) is 2.72. The number of phenolic OH excluding ortho intramolecular Hbond substituents is 1. The third kappa shape index (κ3) is 2.78. The smallest absolute Gasteiger partial charge is 0.235 e. The molecule has 3 aliphatic rings. The number of phenols is 1. The lowest BCUT2D eigenvalue weighted by atomic mass is 9.42. The van der Waals surface area contributed by atoms with E-state index in [1.807, 2.05) is 0 Å². The van der Waals surface area contributed by atoms with E-state index in [0.29, 0.717) is 0 Å². The van der Waals surface area contributed by atoms with Gasteiger partial charge in [-0.2, -0.15) is 5.26 Å². The molecule has 2 saturated carbocycles. The number of nitriles is 1. The van der Waals surface area contributed by atoms with Crippen LogP contribution in [0.4, 0.5) is 0 Å². The van der Waals surface area contributed by atoms with E-state index in [2.05, 4.69) is 0 Å². The summed E-state index contributed by atoms with van der Waals surface area (Å²) in [5.74, 6) is -10.8. The minimum absolute atomic E-state index is 0.101. The van der Waals surface area contributed by atoms with Crippen molar-refractivity contribution < 1.29 is 33.9 Å². The quantitative estimate of drug-likeness (QED) is 0.265. The van der Waals surface area contributed by atoms with Crippen molar-refractivity contribution in [3.05, 3.63) is 28.8 Å². The van der Waals surface area contributed by atoms with E-state index in [0.717, 1.165) is 6.07 Å². The Labute approximate surface area is 205 Å². The van der Waals surface area contributed by atoms with Crippen molar-refractivity contribution >= 4 is 34.8 Å². The molecule has 12 nitrogen and oxygen atoms in total. The first kappa shape index (κ1) is 25.3. The highest BCUT2D eigenvalue weighted by atomic mass is 16.3. The molecule has 0 saturated heterocycles. The normalized spacial score (nSPS) is 35.5. The van der Waals surface area contributed by atoms with Crippen LogP contribution in [0.5, 0.6) is 5.75 Å². The van der Waals surface area contributed by atoms with Gasteiger partial charge >= 0.3 is 0 Å². The minimum Gasteiger partial charge on any atom is -0.507 e. The molecule has 3 aliphatic carbocycles. The number of carbonyl (C=O) groups is 6. The molecule has 4 rings (SSSR count). The molecule has 0 aromatic heterocycles. The van der Waals surface area contributed by atoms with Gasteiger partial charge in [0.05, 0.1) is 23.2 Å². The number of hydrogen-bond donors (Lipinski definition) is 4. The summed E-state index contributed by atoms with van der Waals surface area (Å²) in [5.41, 5.74) is 11.7. The molecule has 1 aromatic rings. The SMILES string of the molecule is CC(=O)c1ccc(O)c2c1C[C@@]1(N)C[C@@]3(N)[C@H](N(C)C)C(=O)C(C(N)=O)C(=O)[C@@]3(C#N)C(=O)C1C2=O. The Morgan fingerprint density at radius 3 is 2.25 bits per heavy atom. The van der Waals surface area contributed by atoms with Crippen LogP contribution in [0.15, 0.2) is 12.1 Å². The molecule has 1 aromatic carbocycles. The third-order valence-electron chi connectivity index (χ3n) is 7.85. The van der Waals surface area contributed by atoms with Gasteiger partial charge in [0.2, 0.25) is 5.91 Å². The first-order chi connectivity index (χ1) is 16.6. The Bertz CT molecular complexity index is 1350. The Kier molecular flexibility index (Phi) is 5.34. The van der Waals surface area contributed by atoms with Crippen molar-refractivity contribution in [2.45, 2.75) is 36.9 Å². The number of nitrogens with two attached hydrogens (primary N) is 3. The lowest BCUT2D eigenvalue weighted by molar-refractivity contribution is -0.166. The first-order valence-corrected chi connectivity index (χ1v) is 11.1. The van der Waals surface area contributed by atoms with Gasteiger partial charge in [-0.1, -0.05) is 0 Å². The maximum absolute atomic E-state index is 14.1. The lowest BCUT2D eigenvalue weighted by Gasteiger charge is -2.60. The van der Waals surface area contributed by atoms with Gasteiger partial charge in [0.25, 0.3) is 0 Å². The van der Waals surface area contributed by atoms with Crippen molar-refractivity contribution in [2.75, 3.05) is 14.1 Å². The van der Waals surface area contributed by atoms with Gasteiger partial charge in [-0.15, -0.1) is 0 Å². The number of likely N-dealkylation sites (N-methyl/N-ethyl adjacent to an activating group) is 1. The van der Waals surface area contributed by atoms with Crippen LogP contribution in [0.2, 0.25) is 0 Å². The second-order valence-corrected chi connectivity index (χ2v) is 10.2. The van der Waals surface area contributed by atoms with Gasteiger partial charge in [0, 0.05) is 11.1 Å². The molecular weight excluding hydrogens is 470 g/mol. The van der Waals surface area contributed by atoms with Crippen LogP contribution in [0.25, 0.3) is 0 Å². The molecule has 0 heterocycles. The van der Waals surface area contributed by atoms with Gasteiger partial charge in [-0.25, -0.2) is 0 Å². The fourth-order valence-corrected chi connectivity index (χ4v) is 6.54. The molecule has 2 unspecified atom stereocenters. The number of fused-ring (bicyclic) bond motifs is 3. The molecule has 0 spiro atoms. The van der Waals surface area contributed by atoms with Gasteiger partial charge < -0.3 is 22.3 Å². The molecule has 7 N–H and O–H groups in total. The van der Waals surface area contributed by atoms with E-state index in [1.54, 1.807) is 6.07 Å². The number of hydrogen-bond acceptors (Lipinski definition) is 11. The zero-order chi connectivity index (χ0) is 27.1. The van der Waals surface area contributed by atoms with Gasteiger partial charge in [0.15, 0.2) is 40.2 Å². The predicted octanol–water partition coefficient (Wildman–Crippen LogP) is -1.99. The van der Waals surface area contributed by atoms with Crippen LogP contribution in [0.1, 0.15) is 39.6 Å². The molecule has 0 radical (unpaired) electrons. The number of nitrogens with zero attached hydrogens (tertiary/aromatic N) is 2. The average molecular weight is 495 g/mol. The van der Waals surface area contributed by atoms with Crippen LogP contribution in [-0.2, 0) is 25.6 Å². The summed E-state index contributed by atoms with van der Waals surface area (Å²) in [6.07, 6.45) is -0.815. The maximum Gasteiger partial charge on any atom is 0.235 e. The van der Waals surface area contributed by atoms with E-state index >= 15 is 0 Å². The molecule has 1 amide bonds. The Hall–Kier alpha value is -3.79. The summed E-state index contributed by atoms with van der Waals surface area (Å²) < 4.78 is 0. The highest BCUT2D eigenvalue weighted by Crippen LogP contribution is 2.56. The number of carbonyl (C=O) groups excluding carboxylic acids is 6. The van der Waals surface area contributed by atoms with Gasteiger partial charge in [-0.3, -0.25) is 33.7 Å². The number of primary amides is 1. The molecule has 0 bridgehead atoms. The summed E-state index contributed by atoms with van der Waals surface area (Å²) in [4.78, 5) is 80.4. The molecule has 6 atom stereocenters. The summed E-state index contributed by atoms with van der Waals surface area (Å²) in [6, 6.07) is 2.60. The van der Waals surface area contributed by atoms with Crippen LogP contribution in [-0.4, -0.2) is 76.0 Å². The van der Waals surface area contributed by atoms with Crippen molar-refractivity contribution in [1.82, 2.24) is 4.90 Å². The fraction of sp³-hybridized carbons (Fsp3) is 0.458. The number of benzene rings is 1. The van der Waals surface area contributed by atoms with Crippen molar-refractivity contribution in [1.29, 1.82) is 5.26 Å². The highest BCUT2D eigenvalue weighted by Gasteiger charge is 2.78. The summed E-state index contributed by atoms with van der Waals surface area (Å²) in [7, 11) is 2.83. The lowest BCUT2D eigenvalue weighted by Crippen LogP contribution is -2.85. The Morgan fingerprint density at radius 2 is 1.75 bits per heavy atom. The van der Waals surface area contributed by atoms with E-state index in [1.165, 1.54) is 32.0 Å². The van der Waals surface area contributed by atoms with Gasteiger partial charge in [-0.05, 0) is 51.6 Å². The maximum atomic E-state index is 14.1. The molecule has 2 fully saturated rings. The number of ketones is 5. The first-order valence-electron chi connectivity index (χ1n) is 11.1. The Balaban J connectivity index is 2.05. The summed E-state index contributed by atoms with van der Waals surface area (Å²) in [6.45, 7) is 1.26. The zero-order valence-corrected chi connectivity index (χ0v) is 19.8. The van der Waals surface area contributed by atoms with E-state index in [-0.39, 0.29) is 23.1 Å². The second-order valence-electron chi connectivity index (χ2n) is 10.2. The standard InChI is InChI=1S/C24H25N5O7/c1-9(30)10-4-5-12(31)13-11(10)6-22(27)7-24(28)18(29(2)3)17(33)14(21(26)36)19(34)23(24,8-25)20(35)15(22)16(13)32/h4-5,14-15,18,31H,6-7,27-28H2,1-3H3,(H2,26,36)/t14?,15?,18-,22-,23+,24-/m1/s1. The highest BCUT2D eigenvalue weighted by molar-refractivity contribution is 6.33. The second kappa shape index (κ2) is 7.60. The monoisotopic (exact) mass is 495 g/mol. The van der Waals surface area contributed by atoms with Crippen molar-refractivity contribution in [3.63, 3.8) is 0 Å². The fourth-order valence-electron chi connectivity index (χ4n) is 6.54. The minimum atomic E-state index is -2.80. The number of Topliss-reactive ketones (excluding diaryl/α,β-unsaturated/α-hetero) is 5. The largest absolute Gasteiger partial charge is 0.507 e. The third-order valence-corrected chi connectivity index (χ3v) is 7.85. The van der Waals surface area contributed by atoms with E-state index < -0.39 is 81.4 Å². The van der Waals surface area contributed by atoms with Crippen LogP contribution >= 0.6 is 0 Å². The number of amides is 1. The molecule has 36 heavy (non-hydrogen) atoms. The predicted molar refractivity (Wildman–Crippen MR) is 121 cm³/mol. The molecular formula is C24H25N5O7. The van der Waals surface area contributed by atoms with E-state index in [4.69, 9.17) is 17.2 Å². The van der Waals surface area contributed by atoms with Crippen molar-refractivity contribution in [2.24, 2.45) is 34.5 Å². The van der Waals surface area contributed by atoms with Crippen LogP contribution < -0.4 is 17.2 Å². The topological polar surface area (TPSA) is 228 Å².